The van der Waals surface area contributed by atoms with Crippen molar-refractivity contribution in [3.8, 4) is 0 Å². The lowest BCUT2D eigenvalue weighted by molar-refractivity contribution is 0.0998. The topological polar surface area (TPSA) is 34.4 Å². The predicted octanol–water partition coefficient (Wildman–Crippen LogP) is 5.35. The van der Waals surface area contributed by atoms with Gasteiger partial charge in [0.05, 0.1) is 10.2 Å². The molecule has 0 saturated carbocycles. The number of allylic oxidation sites excluding steroid dienone is 1. The van der Waals surface area contributed by atoms with Crippen LogP contribution in [0.1, 0.15) is 15.9 Å². The average Bonchev–Trinajstić information content (AvgIpc) is 2.90. The number of fused-ring (bicyclic) bond motifs is 1. The minimum Gasteiger partial charge on any atom is -0.312 e. The molecule has 0 fully saturated rings. The van der Waals surface area contributed by atoms with Crippen LogP contribution < -0.4 is 4.80 Å². The fourth-order valence-corrected chi connectivity index (χ4v) is 3.96. The summed E-state index contributed by atoms with van der Waals surface area (Å²) in [6, 6.07) is 11.0. The number of carbonyl (C=O) groups is 1. The summed E-state index contributed by atoms with van der Waals surface area (Å²) in [5.74, 6) is -0.268. The van der Waals surface area contributed by atoms with Crippen molar-refractivity contribution < 1.29 is 4.79 Å². The molecule has 1 amide bonds. The molecule has 3 nitrogen and oxygen atoms in total. The van der Waals surface area contributed by atoms with E-state index in [0.717, 1.165) is 20.3 Å². The molecule has 1 heterocycles. The number of carbonyl (C=O) groups excluding carboxylic acids is 1. The summed E-state index contributed by atoms with van der Waals surface area (Å²) in [5, 5.41) is 0.698. The van der Waals surface area contributed by atoms with Crippen molar-refractivity contribution in [2.45, 2.75) is 13.5 Å². The first kappa shape index (κ1) is 17.1. The average molecular weight is 422 g/mol. The van der Waals surface area contributed by atoms with Crippen LogP contribution in [0.3, 0.4) is 0 Å². The Morgan fingerprint density at radius 1 is 1.33 bits per heavy atom. The van der Waals surface area contributed by atoms with Gasteiger partial charge in [-0.2, -0.15) is 4.99 Å². The second kappa shape index (κ2) is 7.05. The van der Waals surface area contributed by atoms with Crippen molar-refractivity contribution in [1.29, 1.82) is 0 Å². The number of thiazole rings is 1. The minimum absolute atomic E-state index is 0.268. The molecule has 0 N–H and O–H groups in total. The van der Waals surface area contributed by atoms with Crippen molar-refractivity contribution >= 4 is 55.0 Å². The number of aromatic nitrogens is 1. The Labute approximate surface area is 157 Å². The van der Waals surface area contributed by atoms with Crippen LogP contribution in [0.25, 0.3) is 10.2 Å². The fraction of sp³-hybridized carbons (Fsp3) is 0.111. The van der Waals surface area contributed by atoms with Gasteiger partial charge in [0, 0.05) is 21.6 Å². The van der Waals surface area contributed by atoms with Gasteiger partial charge in [-0.25, -0.2) is 0 Å². The molecule has 0 saturated heterocycles. The highest BCUT2D eigenvalue weighted by Crippen LogP contribution is 2.27. The minimum atomic E-state index is -0.268. The van der Waals surface area contributed by atoms with Crippen molar-refractivity contribution in [2.75, 3.05) is 0 Å². The third-order valence-corrected chi connectivity index (χ3v) is 5.61. The molecule has 6 heteroatoms. The molecule has 0 aliphatic heterocycles. The van der Waals surface area contributed by atoms with E-state index >= 15 is 0 Å². The standard InChI is InChI=1S/C18H14BrClN2OS/c1-3-10-22-16-11(2)14(20)8-9-15(16)24-18(22)21-17(23)12-4-6-13(19)7-5-12/h3-9H,1,10H2,2H3. The van der Waals surface area contributed by atoms with Crippen molar-refractivity contribution in [3.63, 3.8) is 0 Å². The lowest BCUT2D eigenvalue weighted by Gasteiger charge is -2.05. The van der Waals surface area contributed by atoms with E-state index in [2.05, 4.69) is 27.5 Å². The molecular formula is C18H14BrClN2OS. The highest BCUT2D eigenvalue weighted by molar-refractivity contribution is 9.10. The van der Waals surface area contributed by atoms with E-state index in [9.17, 15) is 4.79 Å². The molecule has 0 aliphatic rings. The summed E-state index contributed by atoms with van der Waals surface area (Å²) in [4.78, 5) is 17.4. The molecule has 0 radical (unpaired) electrons. The van der Waals surface area contributed by atoms with Crippen molar-refractivity contribution in [3.05, 3.63) is 74.5 Å². The van der Waals surface area contributed by atoms with E-state index in [1.807, 2.05) is 35.8 Å². The number of hydrogen-bond acceptors (Lipinski definition) is 2. The molecular weight excluding hydrogens is 408 g/mol. The summed E-state index contributed by atoms with van der Waals surface area (Å²) in [7, 11) is 0. The van der Waals surface area contributed by atoms with E-state index in [1.165, 1.54) is 11.3 Å². The van der Waals surface area contributed by atoms with E-state index < -0.39 is 0 Å². The van der Waals surface area contributed by atoms with Crippen molar-refractivity contribution in [1.82, 2.24) is 4.57 Å². The molecule has 1 aromatic heterocycles. The quantitative estimate of drug-likeness (QED) is 0.525. The molecule has 3 aromatic rings. The number of halogens is 2. The van der Waals surface area contributed by atoms with Gasteiger partial charge < -0.3 is 4.57 Å². The first-order chi connectivity index (χ1) is 11.5. The van der Waals surface area contributed by atoms with Gasteiger partial charge in [0.1, 0.15) is 0 Å². The van der Waals surface area contributed by atoms with Crippen LogP contribution in [0.2, 0.25) is 5.02 Å². The van der Waals surface area contributed by atoms with Gasteiger partial charge >= 0.3 is 0 Å². The highest BCUT2D eigenvalue weighted by atomic mass is 79.9. The maximum Gasteiger partial charge on any atom is 0.279 e. The molecule has 122 valence electrons. The number of amides is 1. The number of hydrogen-bond donors (Lipinski definition) is 0. The zero-order valence-electron chi connectivity index (χ0n) is 12.9. The summed E-state index contributed by atoms with van der Waals surface area (Å²) in [6.45, 7) is 6.33. The Bertz CT molecular complexity index is 1000. The third kappa shape index (κ3) is 3.24. The Morgan fingerprint density at radius 2 is 2.04 bits per heavy atom. The maximum atomic E-state index is 12.5. The number of benzene rings is 2. The predicted molar refractivity (Wildman–Crippen MR) is 104 cm³/mol. The zero-order chi connectivity index (χ0) is 17.3. The first-order valence-electron chi connectivity index (χ1n) is 7.25. The molecule has 0 aliphatic carbocycles. The molecule has 3 rings (SSSR count). The monoisotopic (exact) mass is 420 g/mol. The normalized spacial score (nSPS) is 11.9. The number of rotatable bonds is 3. The molecule has 0 bridgehead atoms. The van der Waals surface area contributed by atoms with Gasteiger partial charge in [-0.15, -0.1) is 6.58 Å². The summed E-state index contributed by atoms with van der Waals surface area (Å²) < 4.78 is 3.94. The lowest BCUT2D eigenvalue weighted by Crippen LogP contribution is -2.16. The molecule has 24 heavy (non-hydrogen) atoms. The second-order valence-corrected chi connectivity index (χ2v) is 7.56. The van der Waals surface area contributed by atoms with Crippen LogP contribution in [0.4, 0.5) is 0 Å². The molecule has 2 aromatic carbocycles. The fourth-order valence-electron chi connectivity index (χ4n) is 2.44. The van der Waals surface area contributed by atoms with Crippen LogP contribution in [0.5, 0.6) is 0 Å². The molecule has 0 atom stereocenters. The molecule has 0 spiro atoms. The zero-order valence-corrected chi connectivity index (χ0v) is 16.1. The van der Waals surface area contributed by atoms with Crippen LogP contribution in [0.15, 0.2) is 58.5 Å². The number of aryl methyl sites for hydroxylation is 1. The van der Waals surface area contributed by atoms with Gasteiger partial charge in [0.15, 0.2) is 4.80 Å². The number of nitrogens with zero attached hydrogens (tertiary/aromatic N) is 2. The van der Waals surface area contributed by atoms with Crippen LogP contribution in [-0.2, 0) is 6.54 Å². The van der Waals surface area contributed by atoms with Crippen molar-refractivity contribution in [2.24, 2.45) is 4.99 Å². The SMILES string of the molecule is C=CCn1c(=NC(=O)c2ccc(Br)cc2)sc2ccc(Cl)c(C)c21. The smallest absolute Gasteiger partial charge is 0.279 e. The van der Waals surface area contributed by atoms with Crippen LogP contribution in [0, 0.1) is 6.92 Å². The van der Waals surface area contributed by atoms with Gasteiger partial charge in [0.2, 0.25) is 0 Å². The van der Waals surface area contributed by atoms with Crippen LogP contribution >= 0.6 is 38.9 Å². The first-order valence-corrected chi connectivity index (χ1v) is 9.24. The summed E-state index contributed by atoms with van der Waals surface area (Å²) in [5.41, 5.74) is 2.52. The Balaban J connectivity index is 2.19. The summed E-state index contributed by atoms with van der Waals surface area (Å²) >= 11 is 11.1. The van der Waals surface area contributed by atoms with Crippen LogP contribution in [-0.4, -0.2) is 10.5 Å². The Hall–Kier alpha value is -1.69. The van der Waals surface area contributed by atoms with E-state index in [4.69, 9.17) is 11.6 Å². The van der Waals surface area contributed by atoms with E-state index in [1.54, 1.807) is 18.2 Å². The van der Waals surface area contributed by atoms with Gasteiger partial charge in [0.25, 0.3) is 5.91 Å². The lowest BCUT2D eigenvalue weighted by atomic mass is 10.2. The molecule has 0 unspecified atom stereocenters. The van der Waals surface area contributed by atoms with E-state index in [0.29, 0.717) is 21.9 Å². The summed E-state index contributed by atoms with van der Waals surface area (Å²) in [6.07, 6.45) is 1.79. The van der Waals surface area contributed by atoms with E-state index in [-0.39, 0.29) is 5.91 Å². The third-order valence-electron chi connectivity index (χ3n) is 3.63. The van der Waals surface area contributed by atoms with Gasteiger partial charge in [-0.1, -0.05) is 44.9 Å². The second-order valence-electron chi connectivity index (χ2n) is 5.23. The van der Waals surface area contributed by atoms with Gasteiger partial charge in [-0.05, 0) is 48.9 Å². The Kier molecular flexibility index (Phi) is 5.04. The van der Waals surface area contributed by atoms with Gasteiger partial charge in [-0.3, -0.25) is 4.79 Å². The largest absolute Gasteiger partial charge is 0.312 e. The maximum absolute atomic E-state index is 12.5. The highest BCUT2D eigenvalue weighted by Gasteiger charge is 2.12. The Morgan fingerprint density at radius 3 is 2.71 bits per heavy atom.